The Morgan fingerprint density at radius 1 is 1.41 bits per heavy atom. The third kappa shape index (κ3) is 2.29. The van der Waals surface area contributed by atoms with Crippen LogP contribution in [-0.4, -0.2) is 16.5 Å². The lowest BCUT2D eigenvalue weighted by Crippen LogP contribution is -2.20. The van der Waals surface area contributed by atoms with Crippen LogP contribution in [0.2, 0.25) is 0 Å². The third-order valence-electron chi connectivity index (χ3n) is 2.67. The lowest BCUT2D eigenvalue weighted by Gasteiger charge is -2.09. The monoisotopic (exact) mass is 239 g/mol. The maximum absolute atomic E-state index is 13.4. The maximum atomic E-state index is 13.4. The zero-order valence-corrected chi connectivity index (χ0v) is 9.85. The van der Waals surface area contributed by atoms with Crippen molar-refractivity contribution in [3.8, 4) is 0 Å². The first-order valence-corrected chi connectivity index (χ1v) is 5.70. The molecule has 2 aromatic rings. The molecule has 1 unspecified atom stereocenters. The lowest BCUT2D eigenvalue weighted by atomic mass is 10.3. The molecule has 3 nitrogen and oxygen atoms in total. The number of nitrogens with zero attached hydrogens (tertiary/aromatic N) is 1. The van der Waals surface area contributed by atoms with E-state index in [2.05, 4.69) is 22.2 Å². The highest BCUT2D eigenvalue weighted by Gasteiger charge is 2.14. The van der Waals surface area contributed by atoms with Crippen LogP contribution >= 0.6 is 0 Å². The Balaban J connectivity index is 2.34. The summed E-state index contributed by atoms with van der Waals surface area (Å²) in [5.41, 5.74) is 0.578. The van der Waals surface area contributed by atoms with Gasteiger partial charge in [0, 0.05) is 0 Å². The Morgan fingerprint density at radius 3 is 2.88 bits per heavy atom. The lowest BCUT2D eigenvalue weighted by molar-refractivity contribution is 0.514. The number of halogens is 2. The number of nitrogens with one attached hydrogen (secondary N) is 2. The topological polar surface area (TPSA) is 40.7 Å². The summed E-state index contributed by atoms with van der Waals surface area (Å²) in [4.78, 5) is 7.08. The largest absolute Gasteiger partial charge is 0.341 e. The molecule has 0 saturated heterocycles. The Hall–Kier alpha value is -1.49. The fraction of sp³-hybridized carbons (Fsp3) is 0.417. The van der Waals surface area contributed by atoms with Crippen LogP contribution in [0.3, 0.4) is 0 Å². The van der Waals surface area contributed by atoms with E-state index in [4.69, 9.17) is 0 Å². The molecular formula is C12H15F2N3. The van der Waals surface area contributed by atoms with Crippen molar-refractivity contribution in [2.24, 2.45) is 0 Å². The fourth-order valence-electron chi connectivity index (χ4n) is 1.70. The third-order valence-corrected chi connectivity index (χ3v) is 2.67. The summed E-state index contributed by atoms with van der Waals surface area (Å²) in [5, 5.41) is 3.23. The van der Waals surface area contributed by atoms with Gasteiger partial charge in [0.05, 0.1) is 11.6 Å². The van der Waals surface area contributed by atoms with Gasteiger partial charge in [-0.25, -0.2) is 13.8 Å². The molecule has 92 valence electrons. The average molecular weight is 239 g/mol. The second-order valence-electron chi connectivity index (χ2n) is 4.06. The Morgan fingerprint density at radius 2 is 2.18 bits per heavy atom. The van der Waals surface area contributed by atoms with E-state index in [0.29, 0.717) is 11.3 Å². The molecule has 2 N–H and O–H groups in total. The summed E-state index contributed by atoms with van der Waals surface area (Å²) < 4.78 is 26.5. The molecule has 0 aliphatic heterocycles. The van der Waals surface area contributed by atoms with Crippen molar-refractivity contribution in [3.05, 3.63) is 29.6 Å². The van der Waals surface area contributed by atoms with Crippen molar-refractivity contribution < 1.29 is 8.78 Å². The van der Waals surface area contributed by atoms with Gasteiger partial charge in [-0.3, -0.25) is 0 Å². The molecule has 1 heterocycles. The summed E-state index contributed by atoms with van der Waals surface area (Å²) in [6.07, 6.45) is 1.01. The first kappa shape index (κ1) is 12.0. The van der Waals surface area contributed by atoms with Crippen molar-refractivity contribution in [1.29, 1.82) is 0 Å². The minimum atomic E-state index is -0.896. The zero-order chi connectivity index (χ0) is 12.4. The Kier molecular flexibility index (Phi) is 3.38. The van der Waals surface area contributed by atoms with Gasteiger partial charge in [0.2, 0.25) is 0 Å². The number of imidazole rings is 1. The molecule has 0 aliphatic rings. The predicted molar refractivity (Wildman–Crippen MR) is 62.7 cm³/mol. The van der Waals surface area contributed by atoms with E-state index in [1.54, 1.807) is 0 Å². The predicted octanol–water partition coefficient (Wildman–Crippen LogP) is 2.90. The molecule has 1 atom stereocenters. The smallest absolute Gasteiger partial charge is 0.186 e. The van der Waals surface area contributed by atoms with Crippen molar-refractivity contribution in [1.82, 2.24) is 15.3 Å². The maximum Gasteiger partial charge on any atom is 0.186 e. The van der Waals surface area contributed by atoms with Gasteiger partial charge >= 0.3 is 0 Å². The highest BCUT2D eigenvalue weighted by Crippen LogP contribution is 2.20. The number of aromatic amines is 1. The molecule has 0 fully saturated rings. The van der Waals surface area contributed by atoms with E-state index >= 15 is 0 Å². The van der Waals surface area contributed by atoms with Crippen LogP contribution in [0.25, 0.3) is 11.0 Å². The fourth-order valence-corrected chi connectivity index (χ4v) is 1.70. The molecule has 0 saturated carbocycles. The number of hydrogen-bond acceptors (Lipinski definition) is 2. The highest BCUT2D eigenvalue weighted by molar-refractivity contribution is 5.75. The van der Waals surface area contributed by atoms with Crippen LogP contribution in [0.5, 0.6) is 0 Å². The molecule has 5 heteroatoms. The van der Waals surface area contributed by atoms with Gasteiger partial charge in [-0.1, -0.05) is 6.92 Å². The van der Waals surface area contributed by atoms with Crippen LogP contribution in [0.1, 0.15) is 32.1 Å². The van der Waals surface area contributed by atoms with Crippen LogP contribution < -0.4 is 5.32 Å². The van der Waals surface area contributed by atoms with E-state index in [-0.39, 0.29) is 11.6 Å². The number of rotatable bonds is 4. The van der Waals surface area contributed by atoms with Gasteiger partial charge < -0.3 is 10.3 Å². The summed E-state index contributed by atoms with van der Waals surface area (Å²) in [5.74, 6) is -1.14. The second-order valence-corrected chi connectivity index (χ2v) is 4.06. The number of benzene rings is 1. The molecule has 0 radical (unpaired) electrons. The average Bonchev–Trinajstić information content (AvgIpc) is 2.75. The van der Waals surface area contributed by atoms with Gasteiger partial charge in [-0.15, -0.1) is 0 Å². The van der Waals surface area contributed by atoms with E-state index in [1.165, 1.54) is 6.07 Å². The van der Waals surface area contributed by atoms with Gasteiger partial charge in [0.25, 0.3) is 0 Å². The van der Waals surface area contributed by atoms with Crippen LogP contribution in [-0.2, 0) is 0 Å². The molecule has 0 bridgehead atoms. The first-order valence-electron chi connectivity index (χ1n) is 5.70. The number of hydrogen-bond donors (Lipinski definition) is 2. The highest BCUT2D eigenvalue weighted by atomic mass is 19.2. The van der Waals surface area contributed by atoms with E-state index in [9.17, 15) is 8.78 Å². The second kappa shape index (κ2) is 4.79. The molecule has 2 rings (SSSR count). The number of fused-ring (bicyclic) bond motifs is 1. The van der Waals surface area contributed by atoms with Crippen molar-refractivity contribution in [2.45, 2.75) is 26.3 Å². The quantitative estimate of drug-likeness (QED) is 0.861. The van der Waals surface area contributed by atoms with Crippen LogP contribution in [0, 0.1) is 11.6 Å². The SMILES string of the molecule is CCCNC(C)c1nc2c(F)c(F)ccc2[nH]1. The van der Waals surface area contributed by atoms with Crippen molar-refractivity contribution in [3.63, 3.8) is 0 Å². The number of H-pyrrole nitrogens is 1. The van der Waals surface area contributed by atoms with Crippen LogP contribution in [0.4, 0.5) is 8.78 Å². The molecule has 0 spiro atoms. The van der Waals surface area contributed by atoms with Gasteiger partial charge in [0.15, 0.2) is 11.6 Å². The van der Waals surface area contributed by atoms with E-state index in [0.717, 1.165) is 19.0 Å². The molecule has 1 aromatic carbocycles. The zero-order valence-electron chi connectivity index (χ0n) is 9.85. The minimum absolute atomic E-state index is 0.00943. The van der Waals surface area contributed by atoms with E-state index in [1.807, 2.05) is 6.92 Å². The van der Waals surface area contributed by atoms with Crippen molar-refractivity contribution in [2.75, 3.05) is 6.54 Å². The Labute approximate surface area is 98.2 Å². The molecule has 17 heavy (non-hydrogen) atoms. The molecule has 0 aliphatic carbocycles. The minimum Gasteiger partial charge on any atom is -0.341 e. The standard InChI is InChI=1S/C12H15F2N3/c1-3-6-15-7(2)12-16-9-5-4-8(13)10(14)11(9)17-12/h4-5,7,15H,3,6H2,1-2H3,(H,16,17). The Bertz CT molecular complexity index is 522. The summed E-state index contributed by atoms with van der Waals surface area (Å²) in [7, 11) is 0. The molecule has 0 amide bonds. The van der Waals surface area contributed by atoms with Gasteiger partial charge in [-0.2, -0.15) is 0 Å². The molecule has 1 aromatic heterocycles. The van der Waals surface area contributed by atoms with E-state index < -0.39 is 11.6 Å². The summed E-state index contributed by atoms with van der Waals surface area (Å²) in [6.45, 7) is 4.85. The molecular weight excluding hydrogens is 224 g/mol. The normalized spacial score (nSPS) is 13.2. The summed E-state index contributed by atoms with van der Waals surface area (Å²) in [6, 6.07) is 2.59. The van der Waals surface area contributed by atoms with Gasteiger partial charge in [-0.05, 0) is 32.0 Å². The van der Waals surface area contributed by atoms with Crippen molar-refractivity contribution >= 4 is 11.0 Å². The number of aromatic nitrogens is 2. The summed E-state index contributed by atoms with van der Waals surface area (Å²) >= 11 is 0. The first-order chi connectivity index (χ1) is 8.13. The van der Waals surface area contributed by atoms with Gasteiger partial charge in [0.1, 0.15) is 11.3 Å². The van der Waals surface area contributed by atoms with Crippen LogP contribution in [0.15, 0.2) is 12.1 Å².